The maximum absolute atomic E-state index is 12.5. The van der Waals surface area contributed by atoms with Crippen molar-refractivity contribution in [3.8, 4) is 0 Å². The average Bonchev–Trinajstić information content (AvgIpc) is 2.66. The van der Waals surface area contributed by atoms with Crippen molar-refractivity contribution in [1.29, 1.82) is 0 Å². The van der Waals surface area contributed by atoms with E-state index in [1.165, 1.54) is 6.42 Å². The molecule has 5 nitrogen and oxygen atoms in total. The molecule has 1 aliphatic heterocycles. The maximum Gasteiger partial charge on any atom is 0.253 e. The Morgan fingerprint density at radius 1 is 1.32 bits per heavy atom. The topological polar surface area (TPSA) is 50.8 Å². The van der Waals surface area contributed by atoms with Crippen LogP contribution >= 0.6 is 0 Å². The Kier molecular flexibility index (Phi) is 8.38. The van der Waals surface area contributed by atoms with Gasteiger partial charge in [0.1, 0.15) is 6.10 Å². The van der Waals surface area contributed by atoms with Gasteiger partial charge in [0.2, 0.25) is 0 Å². The first-order chi connectivity index (χ1) is 12.1. The van der Waals surface area contributed by atoms with Gasteiger partial charge in [0.15, 0.2) is 0 Å². The molecule has 0 bridgehead atoms. The van der Waals surface area contributed by atoms with Crippen LogP contribution in [0.2, 0.25) is 0 Å². The van der Waals surface area contributed by atoms with Crippen molar-refractivity contribution in [2.45, 2.75) is 58.8 Å². The summed E-state index contributed by atoms with van der Waals surface area (Å²) >= 11 is 0. The van der Waals surface area contributed by atoms with Crippen LogP contribution in [0.4, 0.5) is 5.69 Å². The highest BCUT2D eigenvalue weighted by Crippen LogP contribution is 2.18. The van der Waals surface area contributed by atoms with Crippen LogP contribution in [0.3, 0.4) is 0 Å². The van der Waals surface area contributed by atoms with Gasteiger partial charge in [0, 0.05) is 18.8 Å². The molecule has 0 spiro atoms. The van der Waals surface area contributed by atoms with E-state index in [0.29, 0.717) is 6.61 Å². The Morgan fingerprint density at radius 2 is 2.08 bits per heavy atom. The summed E-state index contributed by atoms with van der Waals surface area (Å²) in [5.74, 6) is -0.109. The van der Waals surface area contributed by atoms with Crippen molar-refractivity contribution >= 4 is 11.6 Å². The van der Waals surface area contributed by atoms with Crippen LogP contribution in [0.1, 0.15) is 45.6 Å². The molecule has 1 aromatic carbocycles. The van der Waals surface area contributed by atoms with Gasteiger partial charge in [-0.05, 0) is 50.9 Å². The number of anilines is 1. The number of nitrogens with one attached hydrogen (secondary N) is 1. The summed E-state index contributed by atoms with van der Waals surface area (Å²) in [6, 6.07) is 7.97. The fraction of sp³-hybridized carbons (Fsp3) is 0.650. The normalized spacial score (nSPS) is 19.0. The molecule has 0 saturated carbocycles. The summed E-state index contributed by atoms with van der Waals surface area (Å²) in [5, 5.41) is 3.02. The molecular weight excluding hydrogens is 316 g/mol. The second-order valence-electron chi connectivity index (χ2n) is 6.57. The van der Waals surface area contributed by atoms with Crippen LogP contribution in [0, 0.1) is 0 Å². The molecule has 1 N–H and O–H groups in total. The Morgan fingerprint density at radius 3 is 2.76 bits per heavy atom. The molecule has 1 aliphatic rings. The van der Waals surface area contributed by atoms with Crippen molar-refractivity contribution in [3.05, 3.63) is 29.8 Å². The lowest BCUT2D eigenvalue weighted by atomic mass is 10.1. The summed E-state index contributed by atoms with van der Waals surface area (Å²) in [6.07, 6.45) is 2.94. The van der Waals surface area contributed by atoms with Gasteiger partial charge in [0.05, 0.1) is 12.7 Å². The number of hydrogen-bond acceptors (Lipinski definition) is 4. The first-order valence-electron chi connectivity index (χ1n) is 9.48. The van der Waals surface area contributed by atoms with Crippen LogP contribution in [-0.2, 0) is 20.8 Å². The molecule has 0 aliphatic carbocycles. The quantitative estimate of drug-likeness (QED) is 0.743. The number of carbonyl (C=O) groups excluding carboxylic acids is 1. The summed E-state index contributed by atoms with van der Waals surface area (Å²) < 4.78 is 11.4. The van der Waals surface area contributed by atoms with Crippen molar-refractivity contribution in [1.82, 2.24) is 4.90 Å². The number of benzene rings is 1. The Labute approximate surface area is 151 Å². The molecule has 1 heterocycles. The average molecular weight is 348 g/mol. The fourth-order valence-electron chi connectivity index (χ4n) is 2.97. The van der Waals surface area contributed by atoms with E-state index >= 15 is 0 Å². The van der Waals surface area contributed by atoms with Gasteiger partial charge in [-0.25, -0.2) is 0 Å². The van der Waals surface area contributed by atoms with Crippen LogP contribution < -0.4 is 5.32 Å². The fourth-order valence-corrected chi connectivity index (χ4v) is 2.97. The molecule has 1 fully saturated rings. The van der Waals surface area contributed by atoms with E-state index in [4.69, 9.17) is 9.47 Å². The van der Waals surface area contributed by atoms with Crippen LogP contribution in [0.5, 0.6) is 0 Å². The predicted octanol–water partition coefficient (Wildman–Crippen LogP) is 3.44. The minimum Gasteiger partial charge on any atom is -0.376 e. The number of amides is 1. The van der Waals surface area contributed by atoms with E-state index in [1.54, 1.807) is 6.92 Å². The lowest BCUT2D eigenvalue weighted by molar-refractivity contribution is -0.130. The first kappa shape index (κ1) is 19.9. The zero-order chi connectivity index (χ0) is 18.1. The standard InChI is InChI=1S/C20H32N2O3/c1-4-22(5-2)14-17-10-6-7-12-19(17)21-20(23)16(3)25-15-18-11-8-9-13-24-18/h6-7,10,12,16,18H,4-5,8-9,11,13-15H2,1-3H3,(H,21,23). The molecule has 2 atom stereocenters. The van der Waals surface area contributed by atoms with Crippen molar-refractivity contribution in [2.75, 3.05) is 31.6 Å². The first-order valence-corrected chi connectivity index (χ1v) is 9.48. The maximum atomic E-state index is 12.5. The van der Waals surface area contributed by atoms with Gasteiger partial charge >= 0.3 is 0 Å². The SMILES string of the molecule is CCN(CC)Cc1ccccc1NC(=O)C(C)OCC1CCCCO1. The summed E-state index contributed by atoms with van der Waals surface area (Å²) in [4.78, 5) is 14.8. The van der Waals surface area contributed by atoms with Gasteiger partial charge in [-0.3, -0.25) is 9.69 Å². The van der Waals surface area contributed by atoms with E-state index in [-0.39, 0.29) is 12.0 Å². The second kappa shape index (κ2) is 10.5. The molecular formula is C20H32N2O3. The number of carbonyl (C=O) groups is 1. The van der Waals surface area contributed by atoms with Crippen LogP contribution in [-0.4, -0.2) is 49.3 Å². The van der Waals surface area contributed by atoms with E-state index in [1.807, 2.05) is 18.2 Å². The number of hydrogen-bond donors (Lipinski definition) is 1. The van der Waals surface area contributed by atoms with Crippen LogP contribution in [0.25, 0.3) is 0 Å². The summed E-state index contributed by atoms with van der Waals surface area (Å²) in [5.41, 5.74) is 1.99. The molecule has 25 heavy (non-hydrogen) atoms. The monoisotopic (exact) mass is 348 g/mol. The number of ether oxygens (including phenoxy) is 2. The molecule has 1 saturated heterocycles. The zero-order valence-corrected chi connectivity index (χ0v) is 15.8. The number of nitrogens with zero attached hydrogens (tertiary/aromatic N) is 1. The van der Waals surface area contributed by atoms with E-state index in [9.17, 15) is 4.79 Å². The Balaban J connectivity index is 1.88. The molecule has 140 valence electrons. The lowest BCUT2D eigenvalue weighted by Crippen LogP contribution is -2.33. The third kappa shape index (κ3) is 6.42. The van der Waals surface area contributed by atoms with Gasteiger partial charge in [-0.15, -0.1) is 0 Å². The van der Waals surface area contributed by atoms with Gasteiger partial charge < -0.3 is 14.8 Å². The van der Waals surface area contributed by atoms with E-state index < -0.39 is 6.10 Å². The molecule has 2 unspecified atom stereocenters. The Hall–Kier alpha value is -1.43. The largest absolute Gasteiger partial charge is 0.376 e. The molecule has 0 radical (unpaired) electrons. The molecule has 2 rings (SSSR count). The smallest absolute Gasteiger partial charge is 0.253 e. The predicted molar refractivity (Wildman–Crippen MR) is 101 cm³/mol. The minimum absolute atomic E-state index is 0.109. The third-order valence-electron chi connectivity index (χ3n) is 4.74. The lowest BCUT2D eigenvalue weighted by Gasteiger charge is -2.24. The van der Waals surface area contributed by atoms with Crippen molar-refractivity contribution in [3.63, 3.8) is 0 Å². The Bertz CT molecular complexity index is 525. The molecule has 5 heteroatoms. The minimum atomic E-state index is -0.493. The highest BCUT2D eigenvalue weighted by atomic mass is 16.5. The number of rotatable bonds is 9. The highest BCUT2D eigenvalue weighted by molar-refractivity contribution is 5.94. The van der Waals surface area contributed by atoms with Gasteiger partial charge in [-0.1, -0.05) is 32.0 Å². The molecule has 1 aromatic rings. The molecule has 1 amide bonds. The van der Waals surface area contributed by atoms with Crippen LogP contribution in [0.15, 0.2) is 24.3 Å². The van der Waals surface area contributed by atoms with Crippen molar-refractivity contribution in [2.24, 2.45) is 0 Å². The molecule has 0 aromatic heterocycles. The highest BCUT2D eigenvalue weighted by Gasteiger charge is 2.19. The van der Waals surface area contributed by atoms with Gasteiger partial charge in [-0.2, -0.15) is 0 Å². The number of para-hydroxylation sites is 1. The zero-order valence-electron chi connectivity index (χ0n) is 15.8. The van der Waals surface area contributed by atoms with Gasteiger partial charge in [0.25, 0.3) is 5.91 Å². The van der Waals surface area contributed by atoms with E-state index in [2.05, 4.69) is 30.1 Å². The second-order valence-corrected chi connectivity index (χ2v) is 6.57. The summed E-state index contributed by atoms with van der Waals surface area (Å²) in [6.45, 7) is 10.2. The summed E-state index contributed by atoms with van der Waals surface area (Å²) in [7, 11) is 0. The third-order valence-corrected chi connectivity index (χ3v) is 4.74. The van der Waals surface area contributed by atoms with E-state index in [0.717, 1.165) is 50.3 Å². The van der Waals surface area contributed by atoms with Crippen molar-refractivity contribution < 1.29 is 14.3 Å².